The summed E-state index contributed by atoms with van der Waals surface area (Å²) in [5.74, 6) is -0.356. The number of aryl methyl sites for hydroxylation is 1. The van der Waals surface area contributed by atoms with Gasteiger partial charge >= 0.3 is 5.97 Å². The monoisotopic (exact) mass is 236 g/mol. The molecule has 0 atom stereocenters. The Morgan fingerprint density at radius 3 is 2.88 bits per heavy atom. The molecule has 0 saturated carbocycles. The minimum absolute atomic E-state index is 0.125. The van der Waals surface area contributed by atoms with Gasteiger partial charge < -0.3 is 5.11 Å². The van der Waals surface area contributed by atoms with Gasteiger partial charge in [0.2, 0.25) is 0 Å². The molecular formula is C11H9ClN2O2. The molecule has 2 aromatic rings. The van der Waals surface area contributed by atoms with E-state index in [1.807, 2.05) is 0 Å². The summed E-state index contributed by atoms with van der Waals surface area (Å²) in [6.07, 6.45) is -0.125. The highest BCUT2D eigenvalue weighted by Gasteiger charge is 2.09. The van der Waals surface area contributed by atoms with E-state index >= 15 is 0 Å². The van der Waals surface area contributed by atoms with Crippen molar-refractivity contribution in [3.63, 3.8) is 0 Å². The molecule has 4 nitrogen and oxygen atoms in total. The molecule has 0 spiro atoms. The Morgan fingerprint density at radius 2 is 2.19 bits per heavy atom. The van der Waals surface area contributed by atoms with Gasteiger partial charge in [-0.15, -0.1) is 0 Å². The Balaban J connectivity index is 2.69. The Labute approximate surface area is 96.9 Å². The van der Waals surface area contributed by atoms with Crippen LogP contribution in [0.2, 0.25) is 5.02 Å². The second-order valence-corrected chi connectivity index (χ2v) is 3.89. The number of carboxylic acids is 1. The van der Waals surface area contributed by atoms with Crippen molar-refractivity contribution in [2.45, 2.75) is 13.3 Å². The fourth-order valence-corrected chi connectivity index (χ4v) is 1.74. The van der Waals surface area contributed by atoms with Gasteiger partial charge in [0.05, 0.1) is 17.6 Å². The molecule has 5 heteroatoms. The zero-order valence-electron chi connectivity index (χ0n) is 8.57. The summed E-state index contributed by atoms with van der Waals surface area (Å²) < 4.78 is 0. The summed E-state index contributed by atoms with van der Waals surface area (Å²) in [6, 6.07) is 5.17. The van der Waals surface area contributed by atoms with Crippen LogP contribution in [-0.4, -0.2) is 21.0 Å². The minimum atomic E-state index is -0.917. The molecular weight excluding hydrogens is 228 g/mol. The molecule has 16 heavy (non-hydrogen) atoms. The first-order valence-electron chi connectivity index (χ1n) is 4.71. The molecule has 1 N–H and O–H groups in total. The molecule has 0 saturated heterocycles. The maximum Gasteiger partial charge on any atom is 0.309 e. The van der Waals surface area contributed by atoms with Crippen molar-refractivity contribution < 1.29 is 9.90 Å². The maximum absolute atomic E-state index is 10.7. The van der Waals surface area contributed by atoms with Gasteiger partial charge in [-0.05, 0) is 25.1 Å². The molecule has 1 heterocycles. The smallest absolute Gasteiger partial charge is 0.309 e. The van der Waals surface area contributed by atoms with Gasteiger partial charge in [0.15, 0.2) is 0 Å². The number of carbonyl (C=O) groups is 1. The van der Waals surface area contributed by atoms with Gasteiger partial charge in [-0.1, -0.05) is 11.6 Å². The average Bonchev–Trinajstić information content (AvgIpc) is 2.18. The highest BCUT2D eigenvalue weighted by molar-refractivity contribution is 6.31. The van der Waals surface area contributed by atoms with E-state index in [1.54, 1.807) is 25.1 Å². The van der Waals surface area contributed by atoms with Crippen LogP contribution in [0.25, 0.3) is 10.9 Å². The topological polar surface area (TPSA) is 63.1 Å². The predicted octanol–water partition coefficient (Wildman–Crippen LogP) is 2.22. The first-order chi connectivity index (χ1) is 7.56. The van der Waals surface area contributed by atoms with Crippen molar-refractivity contribution in [2.24, 2.45) is 0 Å². The van der Waals surface area contributed by atoms with E-state index in [2.05, 4.69) is 9.97 Å². The molecule has 0 radical (unpaired) electrons. The number of benzene rings is 1. The number of rotatable bonds is 2. The number of aliphatic carboxylic acids is 1. The molecule has 82 valence electrons. The minimum Gasteiger partial charge on any atom is -0.481 e. The first-order valence-corrected chi connectivity index (χ1v) is 5.08. The van der Waals surface area contributed by atoms with E-state index in [0.29, 0.717) is 27.4 Å². The van der Waals surface area contributed by atoms with Crippen LogP contribution in [0.5, 0.6) is 0 Å². The second kappa shape index (κ2) is 4.06. The molecule has 1 aromatic carbocycles. The van der Waals surface area contributed by atoms with Gasteiger partial charge in [-0.2, -0.15) is 0 Å². The standard InChI is InChI=1S/C11H9ClN2O2/c1-6-13-9-3-2-7(12)4-8(9)10(14-6)5-11(15)16/h2-4H,5H2,1H3,(H,15,16). The number of nitrogens with zero attached hydrogens (tertiary/aromatic N) is 2. The third-order valence-electron chi connectivity index (χ3n) is 2.17. The lowest BCUT2D eigenvalue weighted by atomic mass is 10.1. The molecule has 0 fully saturated rings. The lowest BCUT2D eigenvalue weighted by Gasteiger charge is -2.05. The van der Waals surface area contributed by atoms with E-state index in [4.69, 9.17) is 16.7 Å². The third kappa shape index (κ3) is 2.12. The van der Waals surface area contributed by atoms with Crippen LogP contribution in [0.15, 0.2) is 18.2 Å². The summed E-state index contributed by atoms with van der Waals surface area (Å²) in [6.45, 7) is 1.74. The average molecular weight is 237 g/mol. The van der Waals surface area contributed by atoms with Crippen molar-refractivity contribution in [3.8, 4) is 0 Å². The van der Waals surface area contributed by atoms with Crippen molar-refractivity contribution >= 4 is 28.5 Å². The Morgan fingerprint density at radius 1 is 1.44 bits per heavy atom. The molecule has 0 aliphatic rings. The highest BCUT2D eigenvalue weighted by atomic mass is 35.5. The van der Waals surface area contributed by atoms with E-state index in [0.717, 1.165) is 0 Å². The van der Waals surface area contributed by atoms with E-state index in [-0.39, 0.29) is 6.42 Å². The summed E-state index contributed by atoms with van der Waals surface area (Å²) >= 11 is 5.86. The maximum atomic E-state index is 10.7. The quantitative estimate of drug-likeness (QED) is 0.869. The molecule has 1 aromatic heterocycles. The Kier molecular flexibility index (Phi) is 2.75. The normalized spacial score (nSPS) is 10.6. The fraction of sp³-hybridized carbons (Fsp3) is 0.182. The fourth-order valence-electron chi connectivity index (χ4n) is 1.57. The highest BCUT2D eigenvalue weighted by Crippen LogP contribution is 2.20. The summed E-state index contributed by atoms with van der Waals surface area (Å²) in [5, 5.41) is 10.0. The number of carboxylic acid groups (broad SMARTS) is 1. The summed E-state index contributed by atoms with van der Waals surface area (Å²) in [5.41, 5.74) is 1.21. The number of aromatic nitrogens is 2. The van der Waals surface area contributed by atoms with Crippen LogP contribution < -0.4 is 0 Å². The Bertz CT molecular complexity index is 569. The SMILES string of the molecule is Cc1nc(CC(=O)O)c2cc(Cl)ccc2n1. The Hall–Kier alpha value is -1.68. The van der Waals surface area contributed by atoms with E-state index < -0.39 is 5.97 Å². The lowest BCUT2D eigenvalue weighted by Crippen LogP contribution is -2.05. The van der Waals surface area contributed by atoms with Crippen LogP contribution in [-0.2, 0) is 11.2 Å². The third-order valence-corrected chi connectivity index (χ3v) is 2.40. The zero-order chi connectivity index (χ0) is 11.7. The van der Waals surface area contributed by atoms with Crippen molar-refractivity contribution in [1.29, 1.82) is 0 Å². The molecule has 2 rings (SSSR count). The molecule has 0 unspecified atom stereocenters. The van der Waals surface area contributed by atoms with Gasteiger partial charge in [0.25, 0.3) is 0 Å². The van der Waals surface area contributed by atoms with Gasteiger partial charge in [-0.3, -0.25) is 4.79 Å². The molecule has 0 aliphatic heterocycles. The van der Waals surface area contributed by atoms with Crippen LogP contribution in [0, 0.1) is 6.92 Å². The van der Waals surface area contributed by atoms with Crippen LogP contribution in [0.1, 0.15) is 11.5 Å². The van der Waals surface area contributed by atoms with Gasteiger partial charge in [-0.25, -0.2) is 9.97 Å². The summed E-state index contributed by atoms with van der Waals surface area (Å²) in [7, 11) is 0. The van der Waals surface area contributed by atoms with Crippen LogP contribution in [0.4, 0.5) is 0 Å². The molecule has 0 aliphatic carbocycles. The van der Waals surface area contributed by atoms with E-state index in [9.17, 15) is 4.79 Å². The summed E-state index contributed by atoms with van der Waals surface area (Å²) in [4.78, 5) is 19.1. The molecule has 0 amide bonds. The molecule has 0 bridgehead atoms. The number of hydrogen-bond acceptors (Lipinski definition) is 3. The zero-order valence-corrected chi connectivity index (χ0v) is 9.32. The number of fused-ring (bicyclic) bond motifs is 1. The van der Waals surface area contributed by atoms with E-state index in [1.165, 1.54) is 0 Å². The first kappa shape index (κ1) is 10.8. The second-order valence-electron chi connectivity index (χ2n) is 3.45. The van der Waals surface area contributed by atoms with Crippen molar-refractivity contribution in [2.75, 3.05) is 0 Å². The van der Waals surface area contributed by atoms with Crippen LogP contribution in [0.3, 0.4) is 0 Å². The number of hydrogen-bond donors (Lipinski definition) is 1. The largest absolute Gasteiger partial charge is 0.481 e. The van der Waals surface area contributed by atoms with Crippen molar-refractivity contribution in [3.05, 3.63) is 34.7 Å². The van der Waals surface area contributed by atoms with Crippen molar-refractivity contribution in [1.82, 2.24) is 9.97 Å². The lowest BCUT2D eigenvalue weighted by molar-refractivity contribution is -0.136. The predicted molar refractivity (Wildman–Crippen MR) is 60.6 cm³/mol. The van der Waals surface area contributed by atoms with Crippen LogP contribution >= 0.6 is 11.6 Å². The number of halogens is 1. The van der Waals surface area contributed by atoms with Gasteiger partial charge in [0.1, 0.15) is 5.82 Å². The van der Waals surface area contributed by atoms with Gasteiger partial charge in [0, 0.05) is 10.4 Å².